The van der Waals surface area contributed by atoms with E-state index in [0.29, 0.717) is 11.1 Å². The number of carbonyl (C=O) groups is 2. The standard InChI is InChI=1S/C15H20O4/c1-9-5-4-6-10(2)13(16)7-12-11(3)14(17)19-15(12,18)8-9/h5,10,18H,4,6-8H2,1-3H3/b9-5-/t10-,15+/m1/s1. The van der Waals surface area contributed by atoms with Crippen molar-refractivity contribution in [2.24, 2.45) is 5.92 Å². The third-order valence-electron chi connectivity index (χ3n) is 4.00. The number of hydrogen-bond acceptors (Lipinski definition) is 4. The fraction of sp³-hybridized carbons (Fsp3) is 0.600. The van der Waals surface area contributed by atoms with Gasteiger partial charge in [-0.25, -0.2) is 4.79 Å². The van der Waals surface area contributed by atoms with Crippen molar-refractivity contribution in [1.82, 2.24) is 0 Å². The lowest BCUT2D eigenvalue weighted by molar-refractivity contribution is -0.181. The number of hydrogen-bond donors (Lipinski definition) is 1. The number of allylic oxidation sites excluding steroid dienone is 1. The normalized spacial score (nSPS) is 35.6. The lowest BCUT2D eigenvalue weighted by atomic mass is 9.86. The molecule has 1 aliphatic heterocycles. The molecule has 0 aromatic heterocycles. The van der Waals surface area contributed by atoms with E-state index in [2.05, 4.69) is 0 Å². The van der Waals surface area contributed by atoms with Gasteiger partial charge in [0.2, 0.25) is 5.79 Å². The van der Waals surface area contributed by atoms with E-state index in [9.17, 15) is 14.7 Å². The average molecular weight is 264 g/mol. The minimum atomic E-state index is -1.63. The minimum absolute atomic E-state index is 0.0547. The summed E-state index contributed by atoms with van der Waals surface area (Å²) < 4.78 is 5.10. The zero-order valence-corrected chi connectivity index (χ0v) is 11.7. The summed E-state index contributed by atoms with van der Waals surface area (Å²) in [5.41, 5.74) is 1.78. The van der Waals surface area contributed by atoms with Crippen LogP contribution in [0.15, 0.2) is 22.8 Å². The summed E-state index contributed by atoms with van der Waals surface area (Å²) in [6.07, 6.45) is 3.96. The van der Waals surface area contributed by atoms with Crippen molar-refractivity contribution in [2.75, 3.05) is 0 Å². The summed E-state index contributed by atoms with van der Waals surface area (Å²) >= 11 is 0. The van der Waals surface area contributed by atoms with Crippen molar-refractivity contribution in [3.05, 3.63) is 22.8 Å². The van der Waals surface area contributed by atoms with Gasteiger partial charge in [-0.1, -0.05) is 18.6 Å². The van der Waals surface area contributed by atoms with Gasteiger partial charge in [-0.2, -0.15) is 0 Å². The molecule has 0 aromatic rings. The van der Waals surface area contributed by atoms with Gasteiger partial charge in [0.15, 0.2) is 0 Å². The molecule has 2 atom stereocenters. The first-order valence-electron chi connectivity index (χ1n) is 6.68. The van der Waals surface area contributed by atoms with Crippen molar-refractivity contribution in [3.63, 3.8) is 0 Å². The second kappa shape index (κ2) is 4.93. The minimum Gasteiger partial charge on any atom is -0.425 e. The SMILES string of the molecule is CC1=C2CC(=O)[C@H](C)CC/C=C(/C)C[C@]2(O)OC1=O. The van der Waals surface area contributed by atoms with Gasteiger partial charge in [0, 0.05) is 29.9 Å². The van der Waals surface area contributed by atoms with Crippen LogP contribution in [-0.2, 0) is 14.3 Å². The van der Waals surface area contributed by atoms with Crippen LogP contribution in [0.4, 0.5) is 0 Å². The van der Waals surface area contributed by atoms with Crippen molar-refractivity contribution in [1.29, 1.82) is 0 Å². The molecule has 4 nitrogen and oxygen atoms in total. The Bertz CT molecular complexity index is 486. The highest BCUT2D eigenvalue weighted by molar-refractivity contribution is 5.95. The topological polar surface area (TPSA) is 63.6 Å². The number of ketones is 1. The van der Waals surface area contributed by atoms with Gasteiger partial charge in [0.25, 0.3) is 0 Å². The Morgan fingerprint density at radius 2 is 2.05 bits per heavy atom. The van der Waals surface area contributed by atoms with Gasteiger partial charge in [-0.3, -0.25) is 4.79 Å². The number of esters is 1. The highest BCUT2D eigenvalue weighted by Gasteiger charge is 2.45. The van der Waals surface area contributed by atoms with Gasteiger partial charge in [0.05, 0.1) is 0 Å². The quantitative estimate of drug-likeness (QED) is 0.538. The third-order valence-corrected chi connectivity index (χ3v) is 4.00. The predicted molar refractivity (Wildman–Crippen MR) is 70.1 cm³/mol. The molecule has 0 saturated heterocycles. The molecular weight excluding hydrogens is 244 g/mol. The largest absolute Gasteiger partial charge is 0.425 e. The Morgan fingerprint density at radius 3 is 2.74 bits per heavy atom. The Hall–Kier alpha value is -1.42. The molecule has 1 heterocycles. The molecule has 0 unspecified atom stereocenters. The molecule has 104 valence electrons. The Morgan fingerprint density at radius 1 is 1.37 bits per heavy atom. The maximum Gasteiger partial charge on any atom is 0.336 e. The summed E-state index contributed by atoms with van der Waals surface area (Å²) in [5.74, 6) is -2.17. The molecule has 0 spiro atoms. The molecule has 4 heteroatoms. The second-order valence-corrected chi connectivity index (χ2v) is 5.63. The van der Waals surface area contributed by atoms with E-state index in [1.807, 2.05) is 19.9 Å². The maximum absolute atomic E-state index is 12.1. The first-order chi connectivity index (χ1) is 8.83. The summed E-state index contributed by atoms with van der Waals surface area (Å²) in [6.45, 7) is 5.41. The summed E-state index contributed by atoms with van der Waals surface area (Å²) in [4.78, 5) is 23.8. The molecular formula is C15H20O4. The van der Waals surface area contributed by atoms with Gasteiger partial charge in [-0.15, -0.1) is 0 Å². The number of rotatable bonds is 0. The van der Waals surface area contributed by atoms with Crippen LogP contribution >= 0.6 is 0 Å². The highest BCUT2D eigenvalue weighted by Crippen LogP contribution is 2.39. The molecule has 0 radical (unpaired) electrons. The molecule has 0 bridgehead atoms. The van der Waals surface area contributed by atoms with Crippen molar-refractivity contribution in [2.45, 2.75) is 52.2 Å². The second-order valence-electron chi connectivity index (χ2n) is 5.63. The van der Waals surface area contributed by atoms with Crippen molar-refractivity contribution < 1.29 is 19.4 Å². The fourth-order valence-corrected chi connectivity index (χ4v) is 2.66. The van der Waals surface area contributed by atoms with Gasteiger partial charge < -0.3 is 9.84 Å². The molecule has 19 heavy (non-hydrogen) atoms. The monoisotopic (exact) mass is 264 g/mol. The van der Waals surface area contributed by atoms with E-state index >= 15 is 0 Å². The predicted octanol–water partition coefficient (Wildman–Crippen LogP) is 2.27. The molecule has 0 amide bonds. The van der Waals surface area contributed by atoms with Crippen LogP contribution in [0.2, 0.25) is 0 Å². The third kappa shape index (κ3) is 2.63. The zero-order chi connectivity index (χ0) is 14.2. The maximum atomic E-state index is 12.1. The molecule has 2 aliphatic rings. The van der Waals surface area contributed by atoms with E-state index in [4.69, 9.17) is 4.74 Å². The lowest BCUT2D eigenvalue weighted by Gasteiger charge is -2.27. The van der Waals surface area contributed by atoms with Crippen molar-refractivity contribution in [3.8, 4) is 0 Å². The van der Waals surface area contributed by atoms with Crippen LogP contribution in [0.1, 0.15) is 46.5 Å². The molecule has 0 fully saturated rings. The van der Waals surface area contributed by atoms with Gasteiger partial charge in [-0.05, 0) is 26.7 Å². The smallest absolute Gasteiger partial charge is 0.336 e. The number of ether oxygens (including phenoxy) is 1. The molecule has 0 saturated carbocycles. The molecule has 0 aromatic carbocycles. The average Bonchev–Trinajstić information content (AvgIpc) is 2.51. The van der Waals surface area contributed by atoms with Crippen LogP contribution in [0.25, 0.3) is 0 Å². The van der Waals surface area contributed by atoms with Gasteiger partial charge in [0.1, 0.15) is 5.78 Å². The molecule has 2 rings (SSSR count). The lowest BCUT2D eigenvalue weighted by Crippen LogP contribution is -2.34. The number of fused-ring (bicyclic) bond motifs is 1. The summed E-state index contributed by atoms with van der Waals surface area (Å²) in [7, 11) is 0. The number of aliphatic hydroxyl groups is 1. The Balaban J connectivity index is 2.42. The van der Waals surface area contributed by atoms with Crippen LogP contribution in [0.5, 0.6) is 0 Å². The van der Waals surface area contributed by atoms with Crippen LogP contribution in [0.3, 0.4) is 0 Å². The van der Waals surface area contributed by atoms with Crippen molar-refractivity contribution >= 4 is 11.8 Å². The molecule has 1 N–H and O–H groups in total. The Labute approximate surface area is 113 Å². The number of Topliss-reactive ketones (excluding diaryl/α,β-unsaturated/α-hetero) is 1. The van der Waals surface area contributed by atoms with Crippen LogP contribution < -0.4 is 0 Å². The highest BCUT2D eigenvalue weighted by atomic mass is 16.7. The summed E-state index contributed by atoms with van der Waals surface area (Å²) in [5, 5.41) is 10.6. The fourth-order valence-electron chi connectivity index (χ4n) is 2.66. The Kier molecular flexibility index (Phi) is 3.63. The zero-order valence-electron chi connectivity index (χ0n) is 11.7. The number of carbonyl (C=O) groups excluding carboxylic acids is 2. The van der Waals surface area contributed by atoms with E-state index in [0.717, 1.165) is 18.4 Å². The first kappa shape index (κ1) is 14.0. The summed E-state index contributed by atoms with van der Waals surface area (Å²) in [6, 6.07) is 0. The van der Waals surface area contributed by atoms with E-state index < -0.39 is 11.8 Å². The first-order valence-corrected chi connectivity index (χ1v) is 6.68. The van der Waals surface area contributed by atoms with E-state index in [-0.39, 0.29) is 24.5 Å². The molecule has 1 aliphatic carbocycles. The van der Waals surface area contributed by atoms with Crippen LogP contribution in [0, 0.1) is 5.92 Å². The van der Waals surface area contributed by atoms with E-state index in [1.54, 1.807) is 6.92 Å². The van der Waals surface area contributed by atoms with Gasteiger partial charge >= 0.3 is 5.97 Å². The van der Waals surface area contributed by atoms with E-state index in [1.165, 1.54) is 0 Å². The van der Waals surface area contributed by atoms with Crippen LogP contribution in [-0.4, -0.2) is 22.6 Å².